The van der Waals surface area contributed by atoms with Crippen LogP contribution in [-0.4, -0.2) is 4.98 Å². The van der Waals surface area contributed by atoms with Gasteiger partial charge in [-0.2, -0.15) is 0 Å². The molecule has 1 heterocycles. The first kappa shape index (κ1) is 9.52. The highest BCUT2D eigenvalue weighted by Crippen LogP contribution is 2.15. The van der Waals surface area contributed by atoms with Gasteiger partial charge in [0.1, 0.15) is 0 Å². The molecule has 0 aliphatic rings. The zero-order chi connectivity index (χ0) is 10.5. The van der Waals surface area contributed by atoms with Gasteiger partial charge in [0.2, 0.25) is 0 Å². The number of pyridine rings is 1. The summed E-state index contributed by atoms with van der Waals surface area (Å²) in [6.45, 7) is 2.00. The summed E-state index contributed by atoms with van der Waals surface area (Å²) in [5, 5.41) is 8.13. The van der Waals surface area contributed by atoms with E-state index in [0.717, 1.165) is 11.3 Å². The lowest BCUT2D eigenvalue weighted by molar-refractivity contribution is 1.14. The monoisotopic (exact) mass is 197 g/mol. The fourth-order valence-corrected chi connectivity index (χ4v) is 1.18. The van der Waals surface area contributed by atoms with Crippen LogP contribution in [0.5, 0.6) is 0 Å². The van der Waals surface area contributed by atoms with E-state index in [-0.39, 0.29) is 0 Å². The van der Waals surface area contributed by atoms with Gasteiger partial charge in [0, 0.05) is 6.20 Å². The van der Waals surface area contributed by atoms with Crippen LogP contribution in [0.3, 0.4) is 0 Å². The average molecular weight is 197 g/mol. The van der Waals surface area contributed by atoms with Crippen LogP contribution in [0.4, 0.5) is 11.5 Å². The number of aromatic nitrogens is 1. The van der Waals surface area contributed by atoms with Crippen LogP contribution in [-0.2, 0) is 0 Å². The predicted molar refractivity (Wildman–Crippen MR) is 59.6 cm³/mol. The zero-order valence-electron chi connectivity index (χ0n) is 8.46. The summed E-state index contributed by atoms with van der Waals surface area (Å²) in [7, 11) is 0. The molecule has 0 amide bonds. The number of nitrogens with zero attached hydrogens (tertiary/aromatic N) is 3. The molecule has 3 heteroatoms. The largest absolute Gasteiger partial charge is 0.236 e. The van der Waals surface area contributed by atoms with Crippen molar-refractivity contribution < 1.29 is 0 Å². The quantitative estimate of drug-likeness (QED) is 0.674. The van der Waals surface area contributed by atoms with Crippen molar-refractivity contribution in [3.8, 4) is 0 Å². The zero-order valence-corrected chi connectivity index (χ0v) is 8.46. The van der Waals surface area contributed by atoms with Gasteiger partial charge in [-0.25, -0.2) is 4.98 Å². The number of benzene rings is 1. The van der Waals surface area contributed by atoms with E-state index in [1.807, 2.05) is 49.4 Å². The minimum atomic E-state index is 0.638. The minimum Gasteiger partial charge on any atom is -0.236 e. The Balaban J connectivity index is 2.19. The lowest BCUT2D eigenvalue weighted by Gasteiger charge is -1.93. The molecule has 1 aromatic carbocycles. The van der Waals surface area contributed by atoms with Crippen LogP contribution in [0.1, 0.15) is 5.56 Å². The molecule has 15 heavy (non-hydrogen) atoms. The summed E-state index contributed by atoms with van der Waals surface area (Å²) in [5.74, 6) is 0.638. The van der Waals surface area contributed by atoms with Gasteiger partial charge in [-0.1, -0.05) is 18.2 Å². The smallest absolute Gasteiger partial charge is 0.174 e. The van der Waals surface area contributed by atoms with Crippen molar-refractivity contribution in [2.45, 2.75) is 6.92 Å². The lowest BCUT2D eigenvalue weighted by atomic mass is 10.3. The Morgan fingerprint density at radius 3 is 2.53 bits per heavy atom. The minimum absolute atomic E-state index is 0.638. The van der Waals surface area contributed by atoms with Crippen molar-refractivity contribution in [3.63, 3.8) is 0 Å². The van der Waals surface area contributed by atoms with Crippen LogP contribution in [0.25, 0.3) is 0 Å². The Kier molecular flexibility index (Phi) is 2.83. The number of rotatable bonds is 2. The topological polar surface area (TPSA) is 37.6 Å². The molecule has 0 fully saturated rings. The van der Waals surface area contributed by atoms with Crippen molar-refractivity contribution in [1.82, 2.24) is 4.98 Å². The first-order valence-corrected chi connectivity index (χ1v) is 4.74. The lowest BCUT2D eigenvalue weighted by Crippen LogP contribution is -1.74. The summed E-state index contributed by atoms with van der Waals surface area (Å²) in [6, 6.07) is 13.4. The van der Waals surface area contributed by atoms with E-state index in [2.05, 4.69) is 15.2 Å². The van der Waals surface area contributed by atoms with Gasteiger partial charge in [0.25, 0.3) is 0 Å². The third-order valence-electron chi connectivity index (χ3n) is 1.93. The van der Waals surface area contributed by atoms with Crippen molar-refractivity contribution in [1.29, 1.82) is 0 Å². The summed E-state index contributed by atoms with van der Waals surface area (Å²) < 4.78 is 0. The van der Waals surface area contributed by atoms with Crippen molar-refractivity contribution >= 4 is 11.5 Å². The molecule has 0 N–H and O–H groups in total. The fraction of sp³-hybridized carbons (Fsp3) is 0.0833. The van der Waals surface area contributed by atoms with Crippen molar-refractivity contribution in [2.75, 3.05) is 0 Å². The second-order valence-electron chi connectivity index (χ2n) is 3.23. The van der Waals surface area contributed by atoms with Gasteiger partial charge in [-0.05, 0) is 36.8 Å². The number of azo groups is 1. The highest BCUT2D eigenvalue weighted by molar-refractivity contribution is 5.37. The van der Waals surface area contributed by atoms with Gasteiger partial charge in [0.05, 0.1) is 5.69 Å². The maximum Gasteiger partial charge on any atom is 0.174 e. The molecule has 0 saturated carbocycles. The van der Waals surface area contributed by atoms with Gasteiger partial charge >= 0.3 is 0 Å². The Hall–Kier alpha value is -2.03. The van der Waals surface area contributed by atoms with Crippen LogP contribution in [0, 0.1) is 6.92 Å². The maximum atomic E-state index is 4.09. The number of aryl methyl sites for hydroxylation is 1. The van der Waals surface area contributed by atoms with Crippen LogP contribution in [0.2, 0.25) is 0 Å². The summed E-state index contributed by atoms with van der Waals surface area (Å²) >= 11 is 0. The Morgan fingerprint density at radius 2 is 1.80 bits per heavy atom. The third kappa shape index (κ3) is 2.71. The first-order valence-electron chi connectivity index (χ1n) is 4.74. The Bertz CT molecular complexity index is 463. The maximum absolute atomic E-state index is 4.09. The molecular formula is C12H11N3. The molecule has 0 bridgehead atoms. The average Bonchev–Trinajstić information content (AvgIpc) is 2.28. The number of hydrogen-bond donors (Lipinski definition) is 0. The SMILES string of the molecule is Cc1ccnc(/N=N/c2ccccc2)c1. The highest BCUT2D eigenvalue weighted by atomic mass is 15.1. The molecule has 0 radical (unpaired) electrons. The van der Waals surface area contributed by atoms with Gasteiger partial charge in [0.15, 0.2) is 5.82 Å². The number of hydrogen-bond acceptors (Lipinski definition) is 3. The first-order chi connectivity index (χ1) is 7.34. The Morgan fingerprint density at radius 1 is 1.00 bits per heavy atom. The second-order valence-corrected chi connectivity index (χ2v) is 3.23. The van der Waals surface area contributed by atoms with E-state index in [1.165, 1.54) is 0 Å². The molecule has 2 rings (SSSR count). The molecule has 1 aromatic heterocycles. The normalized spacial score (nSPS) is 10.7. The molecule has 3 nitrogen and oxygen atoms in total. The molecule has 0 aliphatic heterocycles. The van der Waals surface area contributed by atoms with Crippen molar-refractivity contribution in [3.05, 3.63) is 54.2 Å². The third-order valence-corrected chi connectivity index (χ3v) is 1.93. The van der Waals surface area contributed by atoms with E-state index in [1.54, 1.807) is 6.20 Å². The van der Waals surface area contributed by atoms with Gasteiger partial charge in [-0.3, -0.25) is 0 Å². The summed E-state index contributed by atoms with van der Waals surface area (Å²) in [5.41, 5.74) is 1.97. The van der Waals surface area contributed by atoms with E-state index in [9.17, 15) is 0 Å². The second kappa shape index (κ2) is 4.46. The molecule has 2 aromatic rings. The van der Waals surface area contributed by atoms with E-state index < -0.39 is 0 Å². The van der Waals surface area contributed by atoms with E-state index in [0.29, 0.717) is 5.82 Å². The molecule has 0 atom stereocenters. The molecule has 0 aliphatic carbocycles. The van der Waals surface area contributed by atoms with E-state index in [4.69, 9.17) is 0 Å². The van der Waals surface area contributed by atoms with Crippen LogP contribution < -0.4 is 0 Å². The summed E-state index contributed by atoms with van der Waals surface area (Å²) in [4.78, 5) is 4.09. The summed E-state index contributed by atoms with van der Waals surface area (Å²) in [6.07, 6.45) is 1.73. The fourth-order valence-electron chi connectivity index (χ4n) is 1.18. The van der Waals surface area contributed by atoms with Gasteiger partial charge in [-0.15, -0.1) is 10.2 Å². The van der Waals surface area contributed by atoms with E-state index >= 15 is 0 Å². The highest BCUT2D eigenvalue weighted by Gasteiger charge is 1.91. The van der Waals surface area contributed by atoms with Crippen LogP contribution in [0.15, 0.2) is 58.9 Å². The van der Waals surface area contributed by atoms with Crippen molar-refractivity contribution in [2.24, 2.45) is 10.2 Å². The molecule has 0 unspecified atom stereocenters. The predicted octanol–water partition coefficient (Wildman–Crippen LogP) is 3.81. The molecule has 74 valence electrons. The standard InChI is InChI=1S/C12H11N3/c1-10-7-8-13-12(9-10)15-14-11-5-3-2-4-6-11/h2-9H,1H3/b15-14+. The van der Waals surface area contributed by atoms with Gasteiger partial charge < -0.3 is 0 Å². The molecular weight excluding hydrogens is 186 g/mol. The molecule has 0 saturated heterocycles. The molecule has 0 spiro atoms. The van der Waals surface area contributed by atoms with Crippen LogP contribution >= 0.6 is 0 Å². The Labute approximate surface area is 88.5 Å².